The lowest BCUT2D eigenvalue weighted by Gasteiger charge is -2.30. The van der Waals surface area contributed by atoms with Crippen LogP contribution in [0.4, 0.5) is 5.69 Å². The first kappa shape index (κ1) is 22.5. The van der Waals surface area contributed by atoms with Crippen LogP contribution in [0.25, 0.3) is 20.4 Å². The fourth-order valence-corrected chi connectivity index (χ4v) is 5.24. The zero-order valence-electron chi connectivity index (χ0n) is 19.6. The van der Waals surface area contributed by atoms with Gasteiger partial charge in [0.1, 0.15) is 27.6 Å². The summed E-state index contributed by atoms with van der Waals surface area (Å²) in [5.41, 5.74) is 2.80. The van der Waals surface area contributed by atoms with E-state index >= 15 is 0 Å². The second-order valence-electron chi connectivity index (χ2n) is 9.01. The van der Waals surface area contributed by atoms with Crippen molar-refractivity contribution >= 4 is 43.4 Å². The predicted octanol–water partition coefficient (Wildman–Crippen LogP) is 4.20. The minimum absolute atomic E-state index is 0.124. The van der Waals surface area contributed by atoms with E-state index in [9.17, 15) is 9.59 Å². The minimum atomic E-state index is -0.301. The number of aromatic nitrogens is 3. The van der Waals surface area contributed by atoms with Gasteiger partial charge < -0.3 is 14.8 Å². The van der Waals surface area contributed by atoms with Gasteiger partial charge in [0.05, 0.1) is 30.0 Å². The van der Waals surface area contributed by atoms with E-state index in [0.29, 0.717) is 34.9 Å². The maximum Gasteiger partial charge on any atom is 0.272 e. The molecule has 1 N–H and O–H groups in total. The smallest absolute Gasteiger partial charge is 0.272 e. The van der Waals surface area contributed by atoms with Crippen molar-refractivity contribution in [2.45, 2.75) is 52.9 Å². The molecule has 1 aliphatic heterocycles. The summed E-state index contributed by atoms with van der Waals surface area (Å²) >= 11 is 1.33. The van der Waals surface area contributed by atoms with Crippen LogP contribution >= 0.6 is 11.3 Å². The van der Waals surface area contributed by atoms with Crippen molar-refractivity contribution in [1.29, 1.82) is 0 Å². The van der Waals surface area contributed by atoms with Crippen LogP contribution in [0.2, 0.25) is 0 Å². The molecule has 4 heterocycles. The number of carbonyl (C=O) groups excluding carboxylic acids is 1. The maximum absolute atomic E-state index is 13.3. The third-order valence-electron chi connectivity index (χ3n) is 5.89. The number of aryl methyl sites for hydroxylation is 1. The molecule has 4 aromatic rings. The summed E-state index contributed by atoms with van der Waals surface area (Å²) in [6, 6.07) is 9.16. The molecule has 9 heteroatoms. The Kier molecular flexibility index (Phi) is 5.61. The van der Waals surface area contributed by atoms with Gasteiger partial charge in [-0.25, -0.2) is 9.97 Å². The summed E-state index contributed by atoms with van der Waals surface area (Å²) < 4.78 is 13.3. The van der Waals surface area contributed by atoms with Gasteiger partial charge in [-0.15, -0.1) is 11.3 Å². The summed E-state index contributed by atoms with van der Waals surface area (Å²) in [5, 5.41) is 3.68. The number of ether oxygens (including phenoxy) is 2. The van der Waals surface area contributed by atoms with E-state index in [4.69, 9.17) is 19.4 Å². The number of fused-ring (bicyclic) bond motifs is 4. The largest absolute Gasteiger partial charge is 0.494 e. The molecule has 0 atom stereocenters. The minimum Gasteiger partial charge on any atom is -0.494 e. The molecule has 0 radical (unpaired) electrons. The van der Waals surface area contributed by atoms with Gasteiger partial charge in [0, 0.05) is 23.1 Å². The Morgan fingerprint density at radius 2 is 2.03 bits per heavy atom. The Morgan fingerprint density at radius 3 is 2.76 bits per heavy atom. The number of amides is 1. The Labute approximate surface area is 200 Å². The van der Waals surface area contributed by atoms with Crippen LogP contribution in [0.15, 0.2) is 35.1 Å². The maximum atomic E-state index is 13.3. The van der Waals surface area contributed by atoms with Crippen molar-refractivity contribution < 1.29 is 14.3 Å². The lowest BCUT2D eigenvalue weighted by atomic mass is 9.95. The van der Waals surface area contributed by atoms with Gasteiger partial charge in [-0.3, -0.25) is 14.2 Å². The molecular formula is C25H26N4O4S. The Hall–Kier alpha value is -3.30. The second kappa shape index (κ2) is 8.48. The molecule has 5 rings (SSSR count). The second-order valence-corrected chi connectivity index (χ2v) is 10.0. The number of benzene rings is 1. The molecule has 0 unspecified atom stereocenters. The van der Waals surface area contributed by atoms with Crippen LogP contribution in [0.1, 0.15) is 37.9 Å². The van der Waals surface area contributed by atoms with E-state index < -0.39 is 0 Å². The van der Waals surface area contributed by atoms with Gasteiger partial charge in [-0.05, 0) is 58.0 Å². The Morgan fingerprint density at radius 1 is 1.26 bits per heavy atom. The Balaban J connectivity index is 1.45. The van der Waals surface area contributed by atoms with Gasteiger partial charge in [-0.1, -0.05) is 0 Å². The van der Waals surface area contributed by atoms with Gasteiger partial charge in [0.15, 0.2) is 0 Å². The van der Waals surface area contributed by atoms with Crippen molar-refractivity contribution in [2.24, 2.45) is 0 Å². The van der Waals surface area contributed by atoms with E-state index in [1.807, 2.05) is 13.0 Å². The van der Waals surface area contributed by atoms with Crippen LogP contribution < -0.4 is 15.6 Å². The topological polar surface area (TPSA) is 95.3 Å². The lowest BCUT2D eigenvalue weighted by Crippen LogP contribution is -2.32. The van der Waals surface area contributed by atoms with E-state index in [2.05, 4.69) is 19.2 Å². The molecule has 176 valence electrons. The molecule has 0 aliphatic carbocycles. The predicted molar refractivity (Wildman–Crippen MR) is 133 cm³/mol. The highest BCUT2D eigenvalue weighted by molar-refractivity contribution is 7.25. The number of pyridine rings is 1. The highest BCUT2D eigenvalue weighted by atomic mass is 32.1. The summed E-state index contributed by atoms with van der Waals surface area (Å²) in [5.74, 6) is 0.913. The number of hydrogen-bond acceptors (Lipinski definition) is 7. The quantitative estimate of drug-likeness (QED) is 0.462. The van der Waals surface area contributed by atoms with E-state index in [-0.39, 0.29) is 23.6 Å². The van der Waals surface area contributed by atoms with Crippen LogP contribution in [0.3, 0.4) is 0 Å². The average Bonchev–Trinajstić information content (AvgIpc) is 3.13. The molecule has 0 saturated carbocycles. The Bertz CT molecular complexity index is 1470. The first-order valence-electron chi connectivity index (χ1n) is 11.2. The summed E-state index contributed by atoms with van der Waals surface area (Å²) in [6.07, 6.45) is 0.717. The fourth-order valence-electron chi connectivity index (χ4n) is 4.17. The SMILES string of the molecule is CCOc1ccc(NC(=O)Cn2c(C)nc3c(sc4nc5c(cc43)COC(C)(C)C5)c2=O)cc1. The summed E-state index contributed by atoms with van der Waals surface area (Å²) in [4.78, 5) is 36.3. The average molecular weight is 479 g/mol. The van der Waals surface area contributed by atoms with E-state index in [1.165, 1.54) is 15.9 Å². The van der Waals surface area contributed by atoms with Gasteiger partial charge in [0.2, 0.25) is 5.91 Å². The zero-order chi connectivity index (χ0) is 24.0. The molecule has 1 aliphatic rings. The molecule has 1 amide bonds. The standard InChI is InChI=1S/C25H26N4O4S/c1-5-32-17-8-6-16(7-9-17)27-20(30)12-29-14(2)26-21-18-10-15-13-33-25(3,4)11-19(15)28-23(18)34-22(21)24(29)31/h6-10H,5,11-13H2,1-4H3,(H,27,30). The van der Waals surface area contributed by atoms with Crippen molar-refractivity contribution in [1.82, 2.24) is 14.5 Å². The number of rotatable bonds is 5. The molecule has 0 spiro atoms. The number of carbonyl (C=O) groups is 1. The van der Waals surface area contributed by atoms with Crippen LogP contribution in [0, 0.1) is 6.92 Å². The summed E-state index contributed by atoms with van der Waals surface area (Å²) in [6.45, 7) is 8.70. The molecule has 8 nitrogen and oxygen atoms in total. The molecular weight excluding hydrogens is 452 g/mol. The first-order chi connectivity index (χ1) is 16.2. The molecule has 0 bridgehead atoms. The number of hydrogen-bond donors (Lipinski definition) is 1. The fraction of sp³-hybridized carbons (Fsp3) is 0.360. The number of nitrogens with zero attached hydrogens (tertiary/aromatic N) is 3. The third-order valence-corrected chi connectivity index (χ3v) is 6.97. The normalized spacial score (nSPS) is 14.8. The van der Waals surface area contributed by atoms with Gasteiger partial charge in [0.25, 0.3) is 5.56 Å². The molecule has 34 heavy (non-hydrogen) atoms. The van der Waals surface area contributed by atoms with Gasteiger partial charge >= 0.3 is 0 Å². The van der Waals surface area contributed by atoms with E-state index in [0.717, 1.165) is 33.6 Å². The third kappa shape index (κ3) is 4.17. The first-order valence-corrected chi connectivity index (χ1v) is 12.0. The highest BCUT2D eigenvalue weighted by Crippen LogP contribution is 2.34. The number of nitrogens with one attached hydrogen (secondary N) is 1. The van der Waals surface area contributed by atoms with Crippen LogP contribution in [-0.2, 0) is 29.1 Å². The van der Waals surface area contributed by atoms with Crippen molar-refractivity contribution in [3.8, 4) is 5.75 Å². The van der Waals surface area contributed by atoms with Crippen molar-refractivity contribution in [2.75, 3.05) is 11.9 Å². The highest BCUT2D eigenvalue weighted by Gasteiger charge is 2.28. The van der Waals surface area contributed by atoms with Crippen molar-refractivity contribution in [3.63, 3.8) is 0 Å². The lowest BCUT2D eigenvalue weighted by molar-refractivity contribution is -0.116. The van der Waals surface area contributed by atoms with Crippen LogP contribution in [0.5, 0.6) is 5.75 Å². The van der Waals surface area contributed by atoms with Crippen LogP contribution in [-0.4, -0.2) is 32.7 Å². The summed E-state index contributed by atoms with van der Waals surface area (Å²) in [7, 11) is 0. The van der Waals surface area contributed by atoms with E-state index in [1.54, 1.807) is 31.2 Å². The molecule has 0 fully saturated rings. The zero-order valence-corrected chi connectivity index (χ0v) is 20.4. The van der Waals surface area contributed by atoms with Crippen molar-refractivity contribution in [3.05, 3.63) is 57.8 Å². The monoisotopic (exact) mass is 478 g/mol. The molecule has 1 aromatic carbocycles. The number of anilines is 1. The number of thiophene rings is 1. The molecule has 0 saturated heterocycles. The van der Waals surface area contributed by atoms with Gasteiger partial charge in [-0.2, -0.15) is 0 Å². The molecule has 3 aromatic heterocycles.